The second-order valence-electron chi connectivity index (χ2n) is 17.0. The summed E-state index contributed by atoms with van der Waals surface area (Å²) in [4.78, 5) is 37.0. The summed E-state index contributed by atoms with van der Waals surface area (Å²) in [6.45, 7) is 4.58. The molecular formula is C51H90NO7+. The highest BCUT2D eigenvalue weighted by atomic mass is 16.6. The maximum absolute atomic E-state index is 12.8. The lowest BCUT2D eigenvalue weighted by Gasteiger charge is -2.31. The van der Waals surface area contributed by atoms with Crippen molar-refractivity contribution in [3.05, 3.63) is 60.8 Å². The topological polar surface area (TPSA) is 99.1 Å². The lowest BCUT2D eigenvalue weighted by molar-refractivity contribution is -0.887. The van der Waals surface area contributed by atoms with Crippen molar-refractivity contribution in [1.82, 2.24) is 0 Å². The lowest BCUT2D eigenvalue weighted by atomic mass is 10.0. The van der Waals surface area contributed by atoms with E-state index in [4.69, 9.17) is 14.2 Å². The summed E-state index contributed by atoms with van der Waals surface area (Å²) in [5.74, 6) is -1.54. The molecule has 8 nitrogen and oxygen atoms in total. The summed E-state index contributed by atoms with van der Waals surface area (Å²) in [5.41, 5.74) is 0. The second kappa shape index (κ2) is 41.8. The van der Waals surface area contributed by atoms with Gasteiger partial charge >= 0.3 is 17.9 Å². The minimum Gasteiger partial charge on any atom is -0.477 e. The van der Waals surface area contributed by atoms with Gasteiger partial charge in [-0.05, 0) is 51.4 Å². The zero-order valence-electron chi connectivity index (χ0n) is 38.7. The highest BCUT2D eigenvalue weighted by Crippen LogP contribution is 2.15. The van der Waals surface area contributed by atoms with Crippen LogP contribution in [0.3, 0.4) is 0 Å². The SMILES string of the molecule is CC/C=C/C/C=C/C/C=C/C/C=C/C/C=C/CCCC(=O)OCC(COCCC(C(=O)O)[N+](C)(C)C)OC(=O)CCCCCCCCCCCCCCCCCCCC. The van der Waals surface area contributed by atoms with Crippen LogP contribution in [0.2, 0.25) is 0 Å². The number of quaternary nitrogens is 1. The van der Waals surface area contributed by atoms with E-state index < -0.39 is 18.1 Å². The molecule has 0 aromatic carbocycles. The zero-order chi connectivity index (χ0) is 43.5. The van der Waals surface area contributed by atoms with Crippen LogP contribution in [0.25, 0.3) is 0 Å². The molecule has 0 aliphatic heterocycles. The summed E-state index contributed by atoms with van der Waals surface area (Å²) in [6.07, 6.45) is 51.3. The Morgan fingerprint density at radius 3 is 1.39 bits per heavy atom. The standard InChI is InChI=1S/C51H89NO7/c1-6-8-10-12-14-16-18-20-22-24-26-28-30-32-34-36-38-40-42-50(54)59-47(45-57-44-43-48(51(55)56)52(3,4)5)46-58-49(53)41-39-37-35-33-31-29-27-25-23-21-19-17-15-13-11-9-7-2/h9,11,15,17,21,23,27,29,33,35,47-48H,6-8,10,12-14,16,18-20,22,24-26,28,30-32,34,36-46H2,1-5H3/p+1/b11-9+,17-15+,23-21+,29-27+,35-33+. The molecule has 0 heterocycles. The predicted molar refractivity (Wildman–Crippen MR) is 247 cm³/mol. The van der Waals surface area contributed by atoms with E-state index in [9.17, 15) is 19.5 Å². The van der Waals surface area contributed by atoms with Gasteiger partial charge in [-0.15, -0.1) is 0 Å². The zero-order valence-corrected chi connectivity index (χ0v) is 38.7. The fourth-order valence-corrected chi connectivity index (χ4v) is 6.77. The van der Waals surface area contributed by atoms with Crippen LogP contribution in [-0.2, 0) is 28.6 Å². The van der Waals surface area contributed by atoms with E-state index >= 15 is 0 Å². The Labute approximate surface area is 362 Å². The molecule has 0 rings (SSSR count). The number of hydrogen-bond acceptors (Lipinski definition) is 6. The number of aliphatic carboxylic acids is 1. The predicted octanol–water partition coefficient (Wildman–Crippen LogP) is 13.4. The second-order valence-corrected chi connectivity index (χ2v) is 17.0. The Morgan fingerprint density at radius 1 is 0.525 bits per heavy atom. The van der Waals surface area contributed by atoms with Crippen molar-refractivity contribution >= 4 is 17.9 Å². The average Bonchev–Trinajstić information content (AvgIpc) is 3.19. The first-order valence-electron chi connectivity index (χ1n) is 23.8. The minimum atomic E-state index is -0.882. The van der Waals surface area contributed by atoms with Gasteiger partial charge in [0.25, 0.3) is 0 Å². The molecule has 340 valence electrons. The van der Waals surface area contributed by atoms with Crippen molar-refractivity contribution in [2.24, 2.45) is 0 Å². The molecule has 0 amide bonds. The van der Waals surface area contributed by atoms with Gasteiger partial charge in [0, 0.05) is 19.3 Å². The third-order valence-corrected chi connectivity index (χ3v) is 10.4. The van der Waals surface area contributed by atoms with Crippen LogP contribution in [-0.4, -0.2) is 80.6 Å². The maximum Gasteiger partial charge on any atom is 0.362 e. The molecule has 0 radical (unpaired) electrons. The number of unbranched alkanes of at least 4 members (excludes halogenated alkanes) is 18. The third-order valence-electron chi connectivity index (χ3n) is 10.4. The van der Waals surface area contributed by atoms with Crippen molar-refractivity contribution in [3.63, 3.8) is 0 Å². The van der Waals surface area contributed by atoms with Gasteiger partial charge in [-0.1, -0.05) is 184 Å². The Kier molecular flexibility index (Phi) is 39.6. The van der Waals surface area contributed by atoms with Crippen molar-refractivity contribution in [1.29, 1.82) is 0 Å². The van der Waals surface area contributed by atoms with Crippen molar-refractivity contribution in [2.45, 2.75) is 206 Å². The molecule has 0 aliphatic carbocycles. The minimum absolute atomic E-state index is 0.0433. The van der Waals surface area contributed by atoms with E-state index in [2.05, 4.69) is 74.6 Å². The Morgan fingerprint density at radius 2 is 0.949 bits per heavy atom. The van der Waals surface area contributed by atoms with Gasteiger partial charge in [0.2, 0.25) is 0 Å². The van der Waals surface area contributed by atoms with Gasteiger partial charge in [-0.25, -0.2) is 4.79 Å². The molecule has 0 saturated carbocycles. The van der Waals surface area contributed by atoms with E-state index in [1.54, 1.807) is 0 Å². The molecule has 2 atom stereocenters. The number of carbonyl (C=O) groups is 3. The highest BCUT2D eigenvalue weighted by Gasteiger charge is 2.31. The first-order chi connectivity index (χ1) is 28.6. The molecule has 0 aliphatic rings. The lowest BCUT2D eigenvalue weighted by Crippen LogP contribution is -2.50. The number of allylic oxidation sites excluding steroid dienone is 10. The fourth-order valence-electron chi connectivity index (χ4n) is 6.77. The van der Waals surface area contributed by atoms with Crippen LogP contribution >= 0.6 is 0 Å². The maximum atomic E-state index is 12.8. The van der Waals surface area contributed by atoms with Gasteiger partial charge in [0.1, 0.15) is 6.61 Å². The molecule has 0 spiro atoms. The number of carbonyl (C=O) groups excluding carboxylic acids is 2. The first-order valence-corrected chi connectivity index (χ1v) is 23.8. The fraction of sp³-hybridized carbons (Fsp3) is 0.745. The summed E-state index contributed by atoms with van der Waals surface area (Å²) in [6, 6.07) is -0.624. The molecule has 2 unspecified atom stereocenters. The summed E-state index contributed by atoms with van der Waals surface area (Å²) in [7, 11) is 5.51. The normalized spacial score (nSPS) is 13.4. The van der Waals surface area contributed by atoms with E-state index in [1.807, 2.05) is 21.1 Å². The van der Waals surface area contributed by atoms with Crippen LogP contribution in [0.5, 0.6) is 0 Å². The molecule has 1 N–H and O–H groups in total. The van der Waals surface area contributed by atoms with Gasteiger partial charge in [-0.2, -0.15) is 0 Å². The molecule has 0 aromatic rings. The summed E-state index contributed by atoms with van der Waals surface area (Å²) in [5, 5.41) is 9.63. The quantitative estimate of drug-likeness (QED) is 0.0283. The molecule has 0 bridgehead atoms. The molecule has 0 fully saturated rings. The van der Waals surface area contributed by atoms with Crippen LogP contribution in [0.15, 0.2) is 60.8 Å². The number of rotatable bonds is 42. The Balaban J connectivity index is 4.37. The number of nitrogens with zero attached hydrogens (tertiary/aromatic N) is 1. The van der Waals surface area contributed by atoms with E-state index in [0.717, 1.165) is 57.8 Å². The number of esters is 2. The number of hydrogen-bond donors (Lipinski definition) is 1. The smallest absolute Gasteiger partial charge is 0.362 e. The van der Waals surface area contributed by atoms with Crippen LogP contribution in [0.1, 0.15) is 194 Å². The highest BCUT2D eigenvalue weighted by molar-refractivity contribution is 5.72. The molecular weight excluding hydrogens is 739 g/mol. The largest absolute Gasteiger partial charge is 0.477 e. The molecule has 59 heavy (non-hydrogen) atoms. The Bertz CT molecular complexity index is 1150. The van der Waals surface area contributed by atoms with Gasteiger partial charge in [0.15, 0.2) is 12.1 Å². The van der Waals surface area contributed by atoms with Gasteiger partial charge < -0.3 is 23.8 Å². The van der Waals surface area contributed by atoms with Crippen LogP contribution in [0.4, 0.5) is 0 Å². The monoisotopic (exact) mass is 829 g/mol. The van der Waals surface area contributed by atoms with Gasteiger partial charge in [0.05, 0.1) is 34.4 Å². The number of likely N-dealkylation sites (N-methyl/N-ethyl adjacent to an activating group) is 1. The summed E-state index contributed by atoms with van der Waals surface area (Å²) >= 11 is 0. The summed E-state index contributed by atoms with van der Waals surface area (Å²) < 4.78 is 17.3. The van der Waals surface area contributed by atoms with E-state index in [1.165, 1.54) is 96.3 Å². The van der Waals surface area contributed by atoms with E-state index in [0.29, 0.717) is 19.3 Å². The van der Waals surface area contributed by atoms with Gasteiger partial charge in [-0.3, -0.25) is 9.59 Å². The van der Waals surface area contributed by atoms with Crippen LogP contribution in [0, 0.1) is 0 Å². The third kappa shape index (κ3) is 40.2. The Hall–Kier alpha value is -2.97. The molecule has 0 saturated heterocycles. The number of carboxylic acids is 1. The van der Waals surface area contributed by atoms with Crippen molar-refractivity contribution in [3.8, 4) is 0 Å². The average molecular weight is 829 g/mol. The molecule has 8 heteroatoms. The molecule has 0 aromatic heterocycles. The first kappa shape index (κ1) is 56.0. The van der Waals surface area contributed by atoms with E-state index in [-0.39, 0.29) is 42.7 Å². The number of carboxylic acid groups (broad SMARTS) is 1. The number of ether oxygens (including phenoxy) is 3. The van der Waals surface area contributed by atoms with Crippen molar-refractivity contribution in [2.75, 3.05) is 41.0 Å². The van der Waals surface area contributed by atoms with Crippen molar-refractivity contribution < 1.29 is 38.2 Å². The van der Waals surface area contributed by atoms with Crippen LogP contribution < -0.4 is 0 Å².